The second kappa shape index (κ2) is 55.1. The highest BCUT2D eigenvalue weighted by Crippen LogP contribution is -0.374. The molecule has 0 aliphatic carbocycles. The van der Waals surface area contributed by atoms with Gasteiger partial charge in [-0.05, 0) is 0 Å². The van der Waals surface area contributed by atoms with E-state index in [0.717, 1.165) is 0 Å². The molecule has 0 saturated heterocycles. The molecule has 0 aliphatic rings. The summed E-state index contributed by atoms with van der Waals surface area (Å²) in [7, 11) is 0. The maximum atomic E-state index is 0. The van der Waals surface area contributed by atoms with Gasteiger partial charge in [-0.25, -0.2) is 0 Å². The predicted octanol–water partition coefficient (Wildman–Crippen LogP) is -3.05. The fraction of sp³-hybridized carbons (Fsp3) is 0. The van der Waals surface area contributed by atoms with Gasteiger partial charge in [0.1, 0.15) is 0 Å². The predicted molar refractivity (Wildman–Crippen MR) is 46.0 cm³/mol. The van der Waals surface area contributed by atoms with Crippen molar-refractivity contribution in [3.05, 3.63) is 0 Å². The van der Waals surface area contributed by atoms with Crippen molar-refractivity contribution in [1.29, 1.82) is 0 Å². The van der Waals surface area contributed by atoms with Crippen LogP contribution in [0.4, 0.5) is 0 Å². The molecule has 0 atom stereocenters. The molecule has 0 amide bonds. The highest BCUT2D eigenvalue weighted by Gasteiger charge is 0.00700. The minimum atomic E-state index is 0. The van der Waals surface area contributed by atoms with Crippen LogP contribution in [0, 0.1) is 0 Å². The van der Waals surface area contributed by atoms with Crippen molar-refractivity contribution in [2.24, 2.45) is 0 Å². The summed E-state index contributed by atoms with van der Waals surface area (Å²) in [6.45, 7) is 0. The second-order valence-corrected chi connectivity index (χ2v) is 0. The van der Waals surface area contributed by atoms with Crippen molar-refractivity contribution in [3.63, 3.8) is 0 Å². The van der Waals surface area contributed by atoms with Gasteiger partial charge in [0.2, 0.25) is 0 Å². The molecule has 0 rings (SSSR count). The molecule has 0 aromatic heterocycles. The van der Waals surface area contributed by atoms with Gasteiger partial charge in [-0.1, -0.05) is 0 Å². The summed E-state index contributed by atoms with van der Waals surface area (Å²) in [5, 5.41) is 0. The fourth-order valence-corrected chi connectivity index (χ4v) is 0. The normalized spacial score (nSPS) is 0. The monoisotopic (exact) mass is 201 g/mol. The Labute approximate surface area is 163 Å². The van der Waals surface area contributed by atoms with Gasteiger partial charge in [-0.15, -0.1) is 0 Å². The van der Waals surface area contributed by atoms with E-state index in [4.69, 9.17) is 0 Å². The van der Waals surface area contributed by atoms with Gasteiger partial charge in [-0.3, -0.25) is 0 Å². The second-order valence-electron chi connectivity index (χ2n) is 0. The lowest BCUT2D eigenvalue weighted by atomic mass is 24.3. The number of rotatable bonds is 0. The minimum Gasteiger partial charge on any atom is 0 e. The molecular formula is Al3Mg5. The van der Waals surface area contributed by atoms with E-state index < -0.39 is 0 Å². The van der Waals surface area contributed by atoms with Gasteiger partial charge >= 0.3 is 0 Å². The Balaban J connectivity index is 0. The smallest absolute Gasteiger partial charge is 0 e. The van der Waals surface area contributed by atoms with Crippen LogP contribution in [0.15, 0.2) is 0 Å². The summed E-state index contributed by atoms with van der Waals surface area (Å²) >= 11 is 0. The maximum Gasteiger partial charge on any atom is 0 e. The zero-order chi connectivity index (χ0) is 0. The van der Waals surface area contributed by atoms with Crippen molar-refractivity contribution in [2.75, 3.05) is 0 Å². The highest BCUT2D eigenvalue weighted by molar-refractivity contribution is 5.76. The number of hydrogen-bond acceptors (Lipinski definition) is 0. The third kappa shape index (κ3) is 42.2. The van der Waals surface area contributed by atoms with Crippen LogP contribution < -0.4 is 0 Å². The van der Waals surface area contributed by atoms with E-state index in [1.165, 1.54) is 0 Å². The molecule has 0 unspecified atom stereocenters. The van der Waals surface area contributed by atoms with Crippen LogP contribution in [-0.2, 0) is 0 Å². The van der Waals surface area contributed by atoms with Gasteiger partial charge in [0.15, 0.2) is 0 Å². The Bertz CT molecular complexity index is 7.64. The Morgan fingerprint density at radius 2 is 0.250 bits per heavy atom. The average Bonchev–Trinajstić information content (AvgIpc) is 0. The topological polar surface area (TPSA) is 0 Å². The summed E-state index contributed by atoms with van der Waals surface area (Å²) < 4.78 is 0. The van der Waals surface area contributed by atoms with E-state index >= 15 is 0 Å². The summed E-state index contributed by atoms with van der Waals surface area (Å²) in [5.74, 6) is 0. The van der Waals surface area contributed by atoms with E-state index in [0.29, 0.717) is 0 Å². The zero-order valence-corrected chi connectivity index (χ0v) is 15.8. The van der Waals surface area contributed by atoms with Crippen molar-refractivity contribution in [2.45, 2.75) is 0 Å². The van der Waals surface area contributed by atoms with Crippen LogP contribution in [0.1, 0.15) is 0 Å². The van der Waals surface area contributed by atoms with Crippen LogP contribution >= 0.6 is 0 Å². The van der Waals surface area contributed by atoms with E-state index in [2.05, 4.69) is 0 Å². The maximum absolute atomic E-state index is 0. The van der Waals surface area contributed by atoms with Crippen molar-refractivity contribution in [1.82, 2.24) is 0 Å². The lowest BCUT2D eigenvalue weighted by molar-refractivity contribution is 5.75. The third-order valence-corrected chi connectivity index (χ3v) is 0. The van der Waals surface area contributed by atoms with E-state index in [1.54, 1.807) is 0 Å². The molecule has 19 valence electrons. The lowest BCUT2D eigenvalue weighted by Gasteiger charge is -0.00100. The van der Waals surface area contributed by atoms with Gasteiger partial charge in [0.25, 0.3) is 0 Å². The quantitative estimate of drug-likeness (QED) is 0.366. The van der Waals surface area contributed by atoms with Crippen LogP contribution in [0.2, 0.25) is 0 Å². The third-order valence-electron chi connectivity index (χ3n) is 0. The molecule has 0 N–H and O–H groups in total. The zero-order valence-electron chi connectivity index (χ0n) is 5.27. The van der Waals surface area contributed by atoms with E-state index in [9.17, 15) is 0 Å². The summed E-state index contributed by atoms with van der Waals surface area (Å²) in [5.41, 5.74) is 0. The molecule has 0 nitrogen and oxygen atoms in total. The molecular weight excluding hydrogens is 202 g/mol. The standard InChI is InChI=1S/3Al.5Mg. The first-order valence-electron chi connectivity index (χ1n) is 0. The molecule has 0 aromatic rings. The number of hydrogen-bond donors (Lipinski definition) is 0. The first kappa shape index (κ1) is 70.4. The molecule has 0 aromatic carbocycles. The highest BCUT2D eigenvalue weighted by atomic mass is 27.0. The van der Waals surface area contributed by atoms with Gasteiger partial charge in [-0.2, -0.15) is 0 Å². The molecule has 0 saturated carbocycles. The van der Waals surface area contributed by atoms with Crippen LogP contribution in [0.25, 0.3) is 0 Å². The molecule has 0 heterocycles. The Morgan fingerprint density at radius 3 is 0.250 bits per heavy atom. The first-order chi connectivity index (χ1) is 0. The van der Waals surface area contributed by atoms with Crippen molar-refractivity contribution < 1.29 is 0 Å². The van der Waals surface area contributed by atoms with Gasteiger partial charge in [0.05, 0.1) is 0 Å². The molecule has 0 fully saturated rings. The van der Waals surface area contributed by atoms with Crippen molar-refractivity contribution >= 4 is 167 Å². The van der Waals surface area contributed by atoms with Crippen LogP contribution in [0.5, 0.6) is 0 Å². The Morgan fingerprint density at radius 1 is 0.250 bits per heavy atom. The molecule has 0 spiro atoms. The summed E-state index contributed by atoms with van der Waals surface area (Å²) in [6, 6.07) is 0. The van der Waals surface area contributed by atoms with Gasteiger partial charge < -0.3 is 0 Å². The van der Waals surface area contributed by atoms with Gasteiger partial charge in [0, 0.05) is 167 Å². The fourth-order valence-electron chi connectivity index (χ4n) is 0. The largest absolute Gasteiger partial charge is 0 e. The molecule has 0 aliphatic heterocycles. The Kier molecular flexibility index (Phi) is 485. The van der Waals surface area contributed by atoms with Crippen LogP contribution in [-0.4, -0.2) is 167 Å². The van der Waals surface area contributed by atoms with Crippen molar-refractivity contribution in [3.8, 4) is 0 Å². The molecule has 8 heavy (non-hydrogen) atoms. The first-order valence-corrected chi connectivity index (χ1v) is 0. The summed E-state index contributed by atoms with van der Waals surface area (Å²) in [4.78, 5) is 0. The Hall–Kier alpha value is 5.43. The molecule has 8 heteroatoms. The molecule has 0 bridgehead atoms. The van der Waals surface area contributed by atoms with E-state index in [-0.39, 0.29) is 167 Å². The molecule has 19 radical (unpaired) electrons. The average molecular weight is 202 g/mol. The summed E-state index contributed by atoms with van der Waals surface area (Å²) in [6.07, 6.45) is 0. The lowest BCUT2D eigenvalue weighted by Crippen LogP contribution is -0.382. The van der Waals surface area contributed by atoms with E-state index in [1.807, 2.05) is 0 Å². The van der Waals surface area contributed by atoms with Crippen LogP contribution in [0.3, 0.4) is 0 Å². The minimum absolute atomic E-state index is 0. The SMILES string of the molecule is [Al].[Al].[Al].[Mg].[Mg].[Mg].[Mg].[Mg].